The molecule has 0 aliphatic heterocycles. The smallest absolute Gasteiger partial charge is 0.340 e. The molecule has 0 saturated heterocycles. The Labute approximate surface area is 198 Å². The third-order valence-corrected chi connectivity index (χ3v) is 5.64. The van der Waals surface area contributed by atoms with Crippen LogP contribution in [-0.4, -0.2) is 58.5 Å². The first-order valence-electron chi connectivity index (χ1n) is 10.2. The van der Waals surface area contributed by atoms with Gasteiger partial charge in [0.25, 0.3) is 5.91 Å². The van der Waals surface area contributed by atoms with Crippen LogP contribution in [0.25, 0.3) is 16.7 Å². The van der Waals surface area contributed by atoms with Crippen LogP contribution in [-0.2, 0) is 25.4 Å². The minimum absolute atomic E-state index is 0.0460. The van der Waals surface area contributed by atoms with Crippen LogP contribution in [0.5, 0.6) is 0 Å². The number of carbonyl (C=O) groups is 3. The molecule has 34 heavy (non-hydrogen) atoms. The van der Waals surface area contributed by atoms with E-state index < -0.39 is 11.9 Å². The number of carboxylic acids is 1. The summed E-state index contributed by atoms with van der Waals surface area (Å²) in [5.41, 5.74) is 1.31. The van der Waals surface area contributed by atoms with Crippen molar-refractivity contribution in [3.8, 4) is 5.82 Å². The molecule has 0 bridgehead atoms. The van der Waals surface area contributed by atoms with Crippen LogP contribution in [0.4, 0.5) is 0 Å². The first kappa shape index (κ1) is 23.0. The first-order chi connectivity index (χ1) is 16.3. The Hall–Kier alpha value is -4.19. The molecule has 3 N–H and O–H groups in total. The van der Waals surface area contributed by atoms with E-state index in [0.29, 0.717) is 22.1 Å². The Balaban J connectivity index is 1.37. The second-order valence-corrected chi connectivity index (χ2v) is 7.87. The number of aryl methyl sites for hydroxylation is 1. The molecule has 1 aromatic carbocycles. The lowest BCUT2D eigenvalue weighted by Crippen LogP contribution is -2.31. The maximum absolute atomic E-state index is 12.2. The second kappa shape index (κ2) is 9.35. The van der Waals surface area contributed by atoms with Crippen molar-refractivity contribution in [2.24, 2.45) is 14.1 Å². The third-order valence-electron chi connectivity index (χ3n) is 5.29. The maximum atomic E-state index is 12.2. The minimum Gasteiger partial charge on any atom is -0.478 e. The van der Waals surface area contributed by atoms with E-state index in [4.69, 9.17) is 11.6 Å². The number of fused-ring (bicyclic) bond motifs is 1. The van der Waals surface area contributed by atoms with Gasteiger partial charge < -0.3 is 24.9 Å². The number of carbonyl (C=O) groups excluding carboxylic acids is 2. The van der Waals surface area contributed by atoms with E-state index in [1.807, 2.05) is 12.1 Å². The van der Waals surface area contributed by atoms with Crippen molar-refractivity contribution in [3.63, 3.8) is 0 Å². The predicted octanol–water partition coefficient (Wildman–Crippen LogP) is 1.28. The van der Waals surface area contributed by atoms with Gasteiger partial charge in [0.2, 0.25) is 5.91 Å². The Kier molecular flexibility index (Phi) is 6.32. The van der Waals surface area contributed by atoms with Gasteiger partial charge in [-0.3, -0.25) is 9.59 Å². The van der Waals surface area contributed by atoms with E-state index in [-0.39, 0.29) is 36.8 Å². The number of amides is 2. The van der Waals surface area contributed by atoms with Crippen molar-refractivity contribution in [2.45, 2.75) is 13.0 Å². The summed E-state index contributed by atoms with van der Waals surface area (Å²) in [6, 6.07) is 7.16. The standard InChI is InChI=1S/C21H21ClN8O4/c1-28-14-6-4-3-5-13(14)17(21(33)34)20(28)30-11-12(26-27-30)9-24-16(31)7-8-23-19(32)18-25-10-15(22)29(18)2/h3-6,10-11H,7-9H2,1-2H3,(H,23,32)(H,24,31)(H,33,34). The number of carboxylic acid groups (broad SMARTS) is 1. The molecule has 0 aliphatic rings. The molecule has 0 radical (unpaired) electrons. The van der Waals surface area contributed by atoms with E-state index in [9.17, 15) is 19.5 Å². The molecular weight excluding hydrogens is 464 g/mol. The van der Waals surface area contributed by atoms with E-state index in [2.05, 4.69) is 25.9 Å². The van der Waals surface area contributed by atoms with Crippen molar-refractivity contribution >= 4 is 40.3 Å². The molecule has 13 heteroatoms. The monoisotopic (exact) mass is 484 g/mol. The fourth-order valence-corrected chi connectivity index (χ4v) is 3.72. The van der Waals surface area contributed by atoms with Gasteiger partial charge >= 0.3 is 5.97 Å². The molecule has 176 valence electrons. The Morgan fingerprint density at radius 2 is 1.88 bits per heavy atom. The van der Waals surface area contributed by atoms with Crippen molar-refractivity contribution in [2.75, 3.05) is 6.54 Å². The van der Waals surface area contributed by atoms with Gasteiger partial charge in [-0.05, 0) is 6.07 Å². The molecular formula is C21H21ClN8O4. The number of para-hydroxylation sites is 1. The molecule has 4 rings (SSSR count). The molecule has 0 atom stereocenters. The average Bonchev–Trinajstić information content (AvgIpc) is 3.49. The largest absolute Gasteiger partial charge is 0.478 e. The number of nitrogens with zero attached hydrogens (tertiary/aromatic N) is 6. The first-order valence-corrected chi connectivity index (χ1v) is 10.6. The number of halogens is 1. The Morgan fingerprint density at radius 1 is 1.12 bits per heavy atom. The number of rotatable bonds is 8. The molecule has 0 saturated carbocycles. The summed E-state index contributed by atoms with van der Waals surface area (Å²) in [5, 5.41) is 24.1. The number of aromatic nitrogens is 6. The minimum atomic E-state index is -1.08. The van der Waals surface area contributed by atoms with Gasteiger partial charge in [-0.25, -0.2) is 14.5 Å². The van der Waals surface area contributed by atoms with Gasteiger partial charge in [-0.15, -0.1) is 5.10 Å². The summed E-state index contributed by atoms with van der Waals surface area (Å²) < 4.78 is 4.54. The van der Waals surface area contributed by atoms with Crippen LogP contribution < -0.4 is 10.6 Å². The van der Waals surface area contributed by atoms with Gasteiger partial charge in [0.15, 0.2) is 11.6 Å². The van der Waals surface area contributed by atoms with Crippen LogP contribution in [0, 0.1) is 0 Å². The number of benzene rings is 1. The number of imidazole rings is 1. The maximum Gasteiger partial charge on any atom is 0.340 e. The molecule has 0 spiro atoms. The summed E-state index contributed by atoms with van der Waals surface area (Å²) in [6.45, 7) is 0.202. The summed E-state index contributed by atoms with van der Waals surface area (Å²) in [5.74, 6) is -1.31. The Bertz CT molecular complexity index is 1400. The fraction of sp³-hybridized carbons (Fsp3) is 0.238. The molecule has 12 nitrogen and oxygen atoms in total. The van der Waals surface area contributed by atoms with E-state index in [1.54, 1.807) is 37.0 Å². The van der Waals surface area contributed by atoms with Crippen molar-refractivity contribution in [3.05, 3.63) is 58.9 Å². The summed E-state index contributed by atoms with van der Waals surface area (Å²) in [6.07, 6.45) is 2.98. The zero-order valence-electron chi connectivity index (χ0n) is 18.3. The van der Waals surface area contributed by atoms with Crippen molar-refractivity contribution in [1.82, 2.24) is 39.7 Å². The van der Waals surface area contributed by atoms with Crippen LogP contribution in [0.1, 0.15) is 33.1 Å². The molecule has 3 aromatic heterocycles. The molecule has 0 aliphatic carbocycles. The highest BCUT2D eigenvalue weighted by Gasteiger charge is 2.23. The van der Waals surface area contributed by atoms with Gasteiger partial charge in [0, 0.05) is 32.4 Å². The average molecular weight is 485 g/mol. The number of hydrogen-bond acceptors (Lipinski definition) is 6. The SMILES string of the molecule is Cn1c(Cl)cnc1C(=O)NCCC(=O)NCc1cn(-c2c(C(=O)O)c3ccccc3n2C)nn1. The van der Waals surface area contributed by atoms with Crippen LogP contribution >= 0.6 is 11.6 Å². The molecule has 4 aromatic rings. The van der Waals surface area contributed by atoms with Gasteiger partial charge in [0.1, 0.15) is 16.4 Å². The third kappa shape index (κ3) is 4.35. The number of nitrogens with one attached hydrogen (secondary N) is 2. The van der Waals surface area contributed by atoms with Gasteiger partial charge in [0.05, 0.1) is 24.5 Å². The highest BCUT2D eigenvalue weighted by molar-refractivity contribution is 6.29. The summed E-state index contributed by atoms with van der Waals surface area (Å²) >= 11 is 5.86. The molecule has 3 heterocycles. The van der Waals surface area contributed by atoms with Crippen molar-refractivity contribution < 1.29 is 19.5 Å². The van der Waals surface area contributed by atoms with E-state index >= 15 is 0 Å². The van der Waals surface area contributed by atoms with E-state index in [1.165, 1.54) is 15.4 Å². The molecule has 2 amide bonds. The van der Waals surface area contributed by atoms with Crippen molar-refractivity contribution in [1.29, 1.82) is 0 Å². The highest BCUT2D eigenvalue weighted by Crippen LogP contribution is 2.27. The zero-order chi connectivity index (χ0) is 24.4. The van der Waals surface area contributed by atoms with Crippen LogP contribution in [0.2, 0.25) is 5.15 Å². The quantitative estimate of drug-likeness (QED) is 0.341. The second-order valence-electron chi connectivity index (χ2n) is 7.48. The molecule has 0 unspecified atom stereocenters. The number of hydrogen-bond donors (Lipinski definition) is 3. The van der Waals surface area contributed by atoms with Gasteiger partial charge in [-0.1, -0.05) is 35.0 Å². The number of aromatic carboxylic acids is 1. The highest BCUT2D eigenvalue weighted by atomic mass is 35.5. The lowest BCUT2D eigenvalue weighted by atomic mass is 10.1. The molecule has 0 fully saturated rings. The van der Waals surface area contributed by atoms with Crippen LogP contribution in [0.15, 0.2) is 36.7 Å². The summed E-state index contributed by atoms with van der Waals surface area (Å²) in [7, 11) is 3.36. The lowest BCUT2D eigenvalue weighted by Gasteiger charge is -2.06. The normalized spacial score (nSPS) is 11.0. The summed E-state index contributed by atoms with van der Waals surface area (Å²) in [4.78, 5) is 40.1. The topological polar surface area (TPSA) is 149 Å². The van der Waals surface area contributed by atoms with Crippen LogP contribution in [0.3, 0.4) is 0 Å². The fourth-order valence-electron chi connectivity index (χ4n) is 3.59. The predicted molar refractivity (Wildman–Crippen MR) is 122 cm³/mol. The lowest BCUT2D eigenvalue weighted by molar-refractivity contribution is -0.121. The van der Waals surface area contributed by atoms with Gasteiger partial charge in [-0.2, -0.15) is 0 Å². The Morgan fingerprint density at radius 3 is 2.59 bits per heavy atom. The van der Waals surface area contributed by atoms with E-state index in [0.717, 1.165) is 5.52 Å². The zero-order valence-corrected chi connectivity index (χ0v) is 19.1.